The molecule has 0 amide bonds. The zero-order chi connectivity index (χ0) is 11.4. The standard InChI is InChI=1S/C10H14N2O2S/c1-6(2)9(10(13)14)15-8-3-4-12-5-7(8)11/h3-6,9H,11H2,1-2H3,(H,13,14). The molecule has 1 unspecified atom stereocenters. The third kappa shape index (κ3) is 3.13. The second-order valence-electron chi connectivity index (χ2n) is 3.53. The summed E-state index contributed by atoms with van der Waals surface area (Å²) in [6, 6.07) is 1.73. The maximum absolute atomic E-state index is 11.0. The predicted octanol–water partition coefficient (Wildman–Crippen LogP) is 1.87. The van der Waals surface area contributed by atoms with Gasteiger partial charge in [-0.05, 0) is 12.0 Å². The van der Waals surface area contributed by atoms with Gasteiger partial charge in [0.2, 0.25) is 0 Å². The van der Waals surface area contributed by atoms with Gasteiger partial charge in [-0.15, -0.1) is 11.8 Å². The van der Waals surface area contributed by atoms with Crippen molar-refractivity contribution >= 4 is 23.4 Å². The summed E-state index contributed by atoms with van der Waals surface area (Å²) in [4.78, 5) is 15.6. The SMILES string of the molecule is CC(C)C(Sc1ccncc1N)C(=O)O. The van der Waals surface area contributed by atoms with Crippen molar-refractivity contribution in [3.63, 3.8) is 0 Å². The Labute approximate surface area is 92.9 Å². The van der Waals surface area contributed by atoms with Crippen LogP contribution in [0.4, 0.5) is 5.69 Å². The van der Waals surface area contributed by atoms with Crippen molar-refractivity contribution < 1.29 is 9.90 Å². The molecule has 82 valence electrons. The van der Waals surface area contributed by atoms with Crippen LogP contribution in [0.15, 0.2) is 23.4 Å². The largest absolute Gasteiger partial charge is 0.480 e. The molecule has 15 heavy (non-hydrogen) atoms. The first-order valence-electron chi connectivity index (χ1n) is 4.61. The van der Waals surface area contributed by atoms with Crippen molar-refractivity contribution in [3.05, 3.63) is 18.5 Å². The summed E-state index contributed by atoms with van der Waals surface area (Å²) < 4.78 is 0. The summed E-state index contributed by atoms with van der Waals surface area (Å²) in [5, 5.41) is 8.54. The first-order chi connectivity index (χ1) is 7.02. The summed E-state index contributed by atoms with van der Waals surface area (Å²) in [7, 11) is 0. The molecule has 0 aliphatic rings. The van der Waals surface area contributed by atoms with E-state index in [0.29, 0.717) is 5.69 Å². The minimum absolute atomic E-state index is 0.0556. The van der Waals surface area contributed by atoms with Gasteiger partial charge in [-0.25, -0.2) is 0 Å². The number of aromatic nitrogens is 1. The van der Waals surface area contributed by atoms with Crippen LogP contribution in [0, 0.1) is 5.92 Å². The molecule has 0 bridgehead atoms. The summed E-state index contributed by atoms with van der Waals surface area (Å²) in [5.41, 5.74) is 6.22. The Morgan fingerprint density at radius 2 is 2.27 bits per heavy atom. The molecule has 0 saturated carbocycles. The molecule has 4 nitrogen and oxygen atoms in total. The fourth-order valence-corrected chi connectivity index (χ4v) is 2.08. The Balaban J connectivity index is 2.84. The average molecular weight is 226 g/mol. The number of nitrogens with two attached hydrogens (primary N) is 1. The first-order valence-corrected chi connectivity index (χ1v) is 5.49. The number of carboxylic acids is 1. The Bertz CT molecular complexity index is 355. The van der Waals surface area contributed by atoms with Crippen LogP contribution in [0.2, 0.25) is 0 Å². The molecule has 5 heteroatoms. The van der Waals surface area contributed by atoms with Gasteiger partial charge in [0.25, 0.3) is 0 Å². The van der Waals surface area contributed by atoms with Gasteiger partial charge in [0.1, 0.15) is 5.25 Å². The fourth-order valence-electron chi connectivity index (χ4n) is 1.11. The van der Waals surface area contributed by atoms with E-state index in [1.807, 2.05) is 13.8 Å². The van der Waals surface area contributed by atoms with Crippen LogP contribution in [0.3, 0.4) is 0 Å². The summed E-state index contributed by atoms with van der Waals surface area (Å²) in [6.07, 6.45) is 3.14. The third-order valence-electron chi connectivity index (χ3n) is 1.91. The topological polar surface area (TPSA) is 76.2 Å². The molecule has 0 aliphatic heterocycles. The van der Waals surface area contributed by atoms with Gasteiger partial charge in [0, 0.05) is 11.1 Å². The lowest BCUT2D eigenvalue weighted by Gasteiger charge is -2.16. The van der Waals surface area contributed by atoms with Gasteiger partial charge in [-0.1, -0.05) is 13.8 Å². The van der Waals surface area contributed by atoms with Crippen LogP contribution in [-0.2, 0) is 4.79 Å². The number of hydrogen-bond acceptors (Lipinski definition) is 4. The van der Waals surface area contributed by atoms with E-state index in [0.717, 1.165) is 4.90 Å². The maximum atomic E-state index is 11.0. The second kappa shape index (κ2) is 5.02. The Hall–Kier alpha value is -1.23. The molecule has 0 aliphatic carbocycles. The molecule has 0 saturated heterocycles. The van der Waals surface area contributed by atoms with Crippen molar-refractivity contribution in [1.82, 2.24) is 4.98 Å². The highest BCUT2D eigenvalue weighted by Gasteiger charge is 2.23. The second-order valence-corrected chi connectivity index (χ2v) is 4.72. The van der Waals surface area contributed by atoms with Crippen LogP contribution in [0.1, 0.15) is 13.8 Å². The Morgan fingerprint density at radius 1 is 1.60 bits per heavy atom. The number of rotatable bonds is 4. The number of carbonyl (C=O) groups is 1. The van der Waals surface area contributed by atoms with Crippen LogP contribution >= 0.6 is 11.8 Å². The van der Waals surface area contributed by atoms with Crippen LogP contribution in [-0.4, -0.2) is 21.3 Å². The van der Waals surface area contributed by atoms with E-state index >= 15 is 0 Å². The highest BCUT2D eigenvalue weighted by molar-refractivity contribution is 8.00. The van der Waals surface area contributed by atoms with E-state index in [9.17, 15) is 4.79 Å². The quantitative estimate of drug-likeness (QED) is 0.766. The molecule has 1 rings (SSSR count). The Morgan fingerprint density at radius 3 is 2.73 bits per heavy atom. The Kier molecular flexibility index (Phi) is 3.96. The molecule has 0 aromatic carbocycles. The van der Waals surface area contributed by atoms with E-state index in [2.05, 4.69) is 4.98 Å². The molecule has 0 spiro atoms. The number of pyridine rings is 1. The van der Waals surface area contributed by atoms with Crippen LogP contribution in [0.5, 0.6) is 0 Å². The van der Waals surface area contributed by atoms with Gasteiger partial charge in [0.05, 0.1) is 11.9 Å². The fraction of sp³-hybridized carbons (Fsp3) is 0.400. The lowest BCUT2D eigenvalue weighted by molar-refractivity contribution is -0.137. The monoisotopic (exact) mass is 226 g/mol. The minimum atomic E-state index is -0.814. The van der Waals surface area contributed by atoms with Gasteiger partial charge >= 0.3 is 5.97 Å². The summed E-state index contributed by atoms with van der Waals surface area (Å²) >= 11 is 1.27. The third-order valence-corrected chi connectivity index (χ3v) is 3.54. The summed E-state index contributed by atoms with van der Waals surface area (Å²) in [6.45, 7) is 3.76. The normalized spacial score (nSPS) is 12.7. The first kappa shape index (κ1) is 11.8. The summed E-state index contributed by atoms with van der Waals surface area (Å²) in [5.74, 6) is -0.758. The number of thioether (sulfide) groups is 1. The van der Waals surface area contributed by atoms with Crippen LogP contribution in [0.25, 0.3) is 0 Å². The van der Waals surface area contributed by atoms with E-state index in [1.165, 1.54) is 18.0 Å². The highest BCUT2D eigenvalue weighted by atomic mass is 32.2. The molecule has 3 N–H and O–H groups in total. The van der Waals surface area contributed by atoms with E-state index in [4.69, 9.17) is 10.8 Å². The zero-order valence-corrected chi connectivity index (χ0v) is 9.49. The number of aliphatic carboxylic acids is 1. The van der Waals surface area contributed by atoms with Crippen molar-refractivity contribution in [2.75, 3.05) is 5.73 Å². The smallest absolute Gasteiger partial charge is 0.317 e. The van der Waals surface area contributed by atoms with Gasteiger partial charge in [0.15, 0.2) is 0 Å². The molecule has 0 radical (unpaired) electrons. The predicted molar refractivity (Wildman–Crippen MR) is 60.8 cm³/mol. The lowest BCUT2D eigenvalue weighted by atomic mass is 10.1. The maximum Gasteiger partial charge on any atom is 0.317 e. The van der Waals surface area contributed by atoms with Crippen LogP contribution < -0.4 is 5.73 Å². The molecule has 1 heterocycles. The number of carboxylic acid groups (broad SMARTS) is 1. The van der Waals surface area contributed by atoms with Crippen molar-refractivity contribution in [1.29, 1.82) is 0 Å². The molecule has 0 fully saturated rings. The number of nitrogen functional groups attached to an aromatic ring is 1. The van der Waals surface area contributed by atoms with Crippen molar-refractivity contribution in [2.24, 2.45) is 5.92 Å². The molecular formula is C10H14N2O2S. The van der Waals surface area contributed by atoms with Crippen molar-refractivity contribution in [2.45, 2.75) is 24.0 Å². The number of hydrogen-bond donors (Lipinski definition) is 2. The minimum Gasteiger partial charge on any atom is -0.480 e. The van der Waals surface area contributed by atoms with Gasteiger partial charge in [-0.2, -0.15) is 0 Å². The molecule has 1 aromatic rings. The van der Waals surface area contributed by atoms with Gasteiger partial charge < -0.3 is 10.8 Å². The van der Waals surface area contributed by atoms with Crippen molar-refractivity contribution in [3.8, 4) is 0 Å². The van der Waals surface area contributed by atoms with Gasteiger partial charge in [-0.3, -0.25) is 9.78 Å². The highest BCUT2D eigenvalue weighted by Crippen LogP contribution is 2.31. The molecule has 1 aromatic heterocycles. The lowest BCUT2D eigenvalue weighted by Crippen LogP contribution is -2.22. The van der Waals surface area contributed by atoms with E-state index in [-0.39, 0.29) is 5.92 Å². The zero-order valence-electron chi connectivity index (χ0n) is 8.68. The average Bonchev–Trinajstić information content (AvgIpc) is 2.15. The molecule has 1 atom stereocenters. The number of anilines is 1. The molecular weight excluding hydrogens is 212 g/mol. The van der Waals surface area contributed by atoms with E-state index < -0.39 is 11.2 Å². The number of nitrogens with zero attached hydrogens (tertiary/aromatic N) is 1. The van der Waals surface area contributed by atoms with E-state index in [1.54, 1.807) is 12.3 Å².